The van der Waals surface area contributed by atoms with E-state index in [1.165, 1.54) is 6.26 Å². The first-order valence-electron chi connectivity index (χ1n) is 6.89. The zero-order chi connectivity index (χ0) is 14.8. The van der Waals surface area contributed by atoms with E-state index in [0.29, 0.717) is 12.8 Å². The topological polar surface area (TPSA) is 63.2 Å². The molecule has 2 rings (SSSR count). The van der Waals surface area contributed by atoms with E-state index in [1.807, 2.05) is 18.4 Å². The van der Waals surface area contributed by atoms with Crippen molar-refractivity contribution in [2.75, 3.05) is 6.26 Å². The van der Waals surface area contributed by atoms with Gasteiger partial charge < -0.3 is 5.32 Å². The first kappa shape index (κ1) is 15.5. The molecule has 0 spiro atoms. The van der Waals surface area contributed by atoms with Crippen LogP contribution in [0.1, 0.15) is 36.1 Å². The van der Waals surface area contributed by atoms with E-state index in [9.17, 15) is 13.2 Å². The highest BCUT2D eigenvalue weighted by molar-refractivity contribution is 7.91. The summed E-state index contributed by atoms with van der Waals surface area (Å²) in [6.07, 6.45) is 4.92. The molecule has 112 valence electrons. The largest absolute Gasteiger partial charge is 0.352 e. The maximum absolute atomic E-state index is 12.1. The number of thiophene rings is 1. The van der Waals surface area contributed by atoms with Gasteiger partial charge in [0.05, 0.1) is 11.7 Å². The van der Waals surface area contributed by atoms with Gasteiger partial charge in [-0.3, -0.25) is 4.79 Å². The fourth-order valence-corrected chi connectivity index (χ4v) is 4.92. The molecule has 0 bridgehead atoms. The highest BCUT2D eigenvalue weighted by Crippen LogP contribution is 2.24. The van der Waals surface area contributed by atoms with E-state index in [0.717, 1.165) is 29.7 Å². The lowest BCUT2D eigenvalue weighted by Gasteiger charge is -2.30. The number of amides is 1. The fraction of sp³-hybridized carbons (Fsp3) is 0.643. The number of nitrogens with one attached hydrogen (secondary N) is 1. The Kier molecular flexibility index (Phi) is 4.86. The molecule has 0 saturated heterocycles. The zero-order valence-electron chi connectivity index (χ0n) is 11.9. The van der Waals surface area contributed by atoms with E-state index in [-0.39, 0.29) is 11.9 Å². The van der Waals surface area contributed by atoms with Gasteiger partial charge in [0, 0.05) is 17.2 Å². The third-order valence-electron chi connectivity index (χ3n) is 3.92. The summed E-state index contributed by atoms with van der Waals surface area (Å²) in [4.78, 5) is 13.2. The van der Waals surface area contributed by atoms with Crippen LogP contribution in [-0.4, -0.2) is 31.9 Å². The molecule has 6 heteroatoms. The molecule has 0 aliphatic heterocycles. The van der Waals surface area contributed by atoms with E-state index < -0.39 is 15.1 Å². The van der Waals surface area contributed by atoms with Crippen molar-refractivity contribution in [1.29, 1.82) is 0 Å². The fourth-order valence-electron chi connectivity index (χ4n) is 2.80. The zero-order valence-corrected chi connectivity index (χ0v) is 13.5. The number of aryl methyl sites for hydroxylation is 1. The normalized spacial score (nSPS) is 23.5. The van der Waals surface area contributed by atoms with Crippen LogP contribution in [0.2, 0.25) is 0 Å². The van der Waals surface area contributed by atoms with Gasteiger partial charge in [-0.1, -0.05) is 12.8 Å². The van der Waals surface area contributed by atoms with Gasteiger partial charge in [-0.05, 0) is 36.8 Å². The molecule has 1 fully saturated rings. The summed E-state index contributed by atoms with van der Waals surface area (Å²) >= 11 is 1.62. The Labute approximate surface area is 124 Å². The van der Waals surface area contributed by atoms with Crippen molar-refractivity contribution in [1.82, 2.24) is 5.32 Å². The van der Waals surface area contributed by atoms with Crippen LogP contribution in [-0.2, 0) is 21.1 Å². The predicted octanol–water partition coefficient (Wildman–Crippen LogP) is 2.07. The Hall–Kier alpha value is -0.880. The van der Waals surface area contributed by atoms with Crippen LogP contribution in [0, 0.1) is 6.92 Å². The summed E-state index contributed by atoms with van der Waals surface area (Å²) in [6, 6.07) is 1.72. The molecule has 1 N–H and O–H groups in total. The molecule has 1 aromatic heterocycles. The number of hydrogen-bond acceptors (Lipinski definition) is 4. The Morgan fingerprint density at radius 3 is 2.70 bits per heavy atom. The first-order chi connectivity index (χ1) is 9.38. The third kappa shape index (κ3) is 3.82. The second-order valence-electron chi connectivity index (χ2n) is 5.51. The molecule has 4 nitrogen and oxygen atoms in total. The second kappa shape index (κ2) is 6.26. The minimum atomic E-state index is -3.10. The Balaban J connectivity index is 2.00. The molecular weight excluding hydrogens is 294 g/mol. The van der Waals surface area contributed by atoms with Gasteiger partial charge in [-0.2, -0.15) is 0 Å². The van der Waals surface area contributed by atoms with E-state index in [2.05, 4.69) is 5.32 Å². The quantitative estimate of drug-likeness (QED) is 0.925. The summed E-state index contributed by atoms with van der Waals surface area (Å²) in [5, 5.41) is 4.47. The lowest BCUT2D eigenvalue weighted by atomic mass is 9.94. The number of rotatable bonds is 4. The van der Waals surface area contributed by atoms with Gasteiger partial charge >= 0.3 is 0 Å². The van der Waals surface area contributed by atoms with Crippen molar-refractivity contribution in [3.05, 3.63) is 21.9 Å². The van der Waals surface area contributed by atoms with Crippen molar-refractivity contribution >= 4 is 27.1 Å². The van der Waals surface area contributed by atoms with Crippen molar-refractivity contribution < 1.29 is 13.2 Å². The molecule has 2 atom stereocenters. The summed E-state index contributed by atoms with van der Waals surface area (Å²) in [5.74, 6) is -0.0768. The summed E-state index contributed by atoms with van der Waals surface area (Å²) in [7, 11) is -3.10. The van der Waals surface area contributed by atoms with Crippen LogP contribution in [0.4, 0.5) is 0 Å². The maximum Gasteiger partial charge on any atom is 0.224 e. The predicted molar refractivity (Wildman–Crippen MR) is 81.8 cm³/mol. The van der Waals surface area contributed by atoms with Crippen LogP contribution >= 0.6 is 11.3 Å². The lowest BCUT2D eigenvalue weighted by Crippen LogP contribution is -2.48. The SMILES string of the molecule is Cc1sccc1CC(=O)N[C@@H]1CCCC[C@H]1S(C)(=O)=O. The number of hydrogen-bond donors (Lipinski definition) is 1. The van der Waals surface area contributed by atoms with Crippen LogP contribution in [0.5, 0.6) is 0 Å². The monoisotopic (exact) mass is 315 g/mol. The highest BCUT2D eigenvalue weighted by atomic mass is 32.2. The lowest BCUT2D eigenvalue weighted by molar-refractivity contribution is -0.121. The summed E-state index contributed by atoms with van der Waals surface area (Å²) < 4.78 is 23.6. The van der Waals surface area contributed by atoms with E-state index in [1.54, 1.807) is 11.3 Å². The van der Waals surface area contributed by atoms with Gasteiger partial charge in [0.15, 0.2) is 9.84 Å². The van der Waals surface area contributed by atoms with E-state index >= 15 is 0 Å². The van der Waals surface area contributed by atoms with Gasteiger partial charge in [0.1, 0.15) is 0 Å². The van der Waals surface area contributed by atoms with Gasteiger partial charge in [0.25, 0.3) is 0 Å². The Bertz CT molecular complexity index is 577. The first-order valence-corrected chi connectivity index (χ1v) is 9.72. The molecule has 1 aliphatic carbocycles. The van der Waals surface area contributed by atoms with Crippen LogP contribution in [0.25, 0.3) is 0 Å². The molecule has 1 aromatic rings. The molecule has 1 amide bonds. The van der Waals surface area contributed by atoms with Crippen LogP contribution in [0.3, 0.4) is 0 Å². The summed E-state index contributed by atoms with van der Waals surface area (Å²) in [5.41, 5.74) is 1.03. The van der Waals surface area contributed by atoms with Gasteiger partial charge in [-0.25, -0.2) is 8.42 Å². The number of sulfone groups is 1. The van der Waals surface area contributed by atoms with Crippen molar-refractivity contribution in [3.8, 4) is 0 Å². The molecule has 1 saturated carbocycles. The molecule has 1 heterocycles. The Morgan fingerprint density at radius 2 is 2.10 bits per heavy atom. The van der Waals surface area contributed by atoms with Gasteiger partial charge in [0.2, 0.25) is 5.91 Å². The van der Waals surface area contributed by atoms with Gasteiger partial charge in [-0.15, -0.1) is 11.3 Å². The minimum Gasteiger partial charge on any atom is -0.352 e. The maximum atomic E-state index is 12.1. The van der Waals surface area contributed by atoms with Crippen molar-refractivity contribution in [2.45, 2.75) is 50.3 Å². The number of carbonyl (C=O) groups excluding carboxylic acids is 1. The average molecular weight is 315 g/mol. The molecule has 20 heavy (non-hydrogen) atoms. The molecule has 0 aromatic carbocycles. The van der Waals surface area contributed by atoms with E-state index in [4.69, 9.17) is 0 Å². The molecule has 0 radical (unpaired) electrons. The Morgan fingerprint density at radius 1 is 1.40 bits per heavy atom. The summed E-state index contributed by atoms with van der Waals surface area (Å²) in [6.45, 7) is 1.99. The van der Waals surface area contributed by atoms with Crippen LogP contribution in [0.15, 0.2) is 11.4 Å². The molecular formula is C14H21NO3S2. The average Bonchev–Trinajstić information content (AvgIpc) is 2.74. The standard InChI is InChI=1S/C14H21NO3S2/c1-10-11(7-8-19-10)9-14(16)15-12-5-3-4-6-13(12)20(2,17)18/h7-8,12-13H,3-6,9H2,1-2H3,(H,15,16)/t12-,13-/m1/s1. The minimum absolute atomic E-state index is 0.0768. The number of carbonyl (C=O) groups is 1. The van der Waals surface area contributed by atoms with Crippen molar-refractivity contribution in [3.63, 3.8) is 0 Å². The smallest absolute Gasteiger partial charge is 0.224 e. The third-order valence-corrected chi connectivity index (χ3v) is 6.47. The molecule has 1 aliphatic rings. The second-order valence-corrected chi connectivity index (χ2v) is 8.89. The highest BCUT2D eigenvalue weighted by Gasteiger charge is 2.33. The molecule has 0 unspecified atom stereocenters. The van der Waals surface area contributed by atoms with Crippen molar-refractivity contribution in [2.24, 2.45) is 0 Å². The van der Waals surface area contributed by atoms with Crippen LogP contribution < -0.4 is 5.32 Å².